The van der Waals surface area contributed by atoms with Gasteiger partial charge in [0.2, 0.25) is 10.4 Å². The summed E-state index contributed by atoms with van der Waals surface area (Å²) in [5, 5.41) is 28.7. The SMILES string of the molecule is CC(C)(C)C(OC(CO)C(=O)[O-])C(CO)OS(=O)(=O)[O-].[Na+].[Na+]. The van der Waals surface area contributed by atoms with E-state index in [1.165, 1.54) is 0 Å². The Balaban J connectivity index is -0.00000180. The average molecular weight is 360 g/mol. The van der Waals surface area contributed by atoms with Crippen LogP contribution < -0.4 is 64.2 Å². The minimum atomic E-state index is -5.12. The first-order chi connectivity index (χ1) is 8.92. The van der Waals surface area contributed by atoms with E-state index in [1.54, 1.807) is 20.8 Å². The molecule has 0 rings (SSSR count). The van der Waals surface area contributed by atoms with Crippen LogP contribution in [0.5, 0.6) is 0 Å². The molecule has 0 saturated heterocycles. The second kappa shape index (κ2) is 11.7. The molecule has 3 atom stereocenters. The monoisotopic (exact) mass is 360 g/mol. The normalized spacial score (nSPS) is 15.9. The van der Waals surface area contributed by atoms with Crippen molar-refractivity contribution in [3.8, 4) is 0 Å². The van der Waals surface area contributed by atoms with Crippen LogP contribution in [0.4, 0.5) is 0 Å². The van der Waals surface area contributed by atoms with Crippen LogP contribution in [0.3, 0.4) is 0 Å². The molecule has 3 unspecified atom stereocenters. The first-order valence-electron chi connectivity index (χ1n) is 5.64. The molecule has 0 saturated carbocycles. The fraction of sp³-hybridized carbons (Fsp3) is 0.900. The van der Waals surface area contributed by atoms with Crippen molar-refractivity contribution in [1.82, 2.24) is 0 Å². The molecule has 120 valence electrons. The molecule has 0 aromatic rings. The number of ether oxygens (including phenoxy) is 1. The first-order valence-corrected chi connectivity index (χ1v) is 6.97. The summed E-state index contributed by atoms with van der Waals surface area (Å²) in [5.74, 6) is -1.72. The fourth-order valence-corrected chi connectivity index (χ4v) is 1.99. The number of hydrogen-bond acceptors (Lipinski definition) is 9. The molecular weight excluding hydrogens is 342 g/mol. The number of carbonyl (C=O) groups is 1. The Labute approximate surface area is 173 Å². The molecule has 0 amide bonds. The Morgan fingerprint density at radius 1 is 1.18 bits per heavy atom. The van der Waals surface area contributed by atoms with Gasteiger partial charge in [-0.1, -0.05) is 20.8 Å². The second-order valence-electron chi connectivity index (χ2n) is 5.14. The van der Waals surface area contributed by atoms with E-state index in [2.05, 4.69) is 4.18 Å². The molecule has 12 heteroatoms. The van der Waals surface area contributed by atoms with Gasteiger partial charge in [-0.15, -0.1) is 0 Å². The molecule has 0 radical (unpaired) electrons. The van der Waals surface area contributed by atoms with E-state index in [9.17, 15) is 22.9 Å². The summed E-state index contributed by atoms with van der Waals surface area (Å²) < 4.78 is 41.0. The number of rotatable bonds is 8. The van der Waals surface area contributed by atoms with E-state index >= 15 is 0 Å². The van der Waals surface area contributed by atoms with Gasteiger partial charge in [-0.2, -0.15) is 0 Å². The van der Waals surface area contributed by atoms with Crippen molar-refractivity contribution in [2.75, 3.05) is 13.2 Å². The predicted octanol–water partition coefficient (Wildman–Crippen LogP) is -8.63. The Hall–Kier alpha value is 1.22. The zero-order chi connectivity index (χ0) is 16.1. The quantitative estimate of drug-likeness (QED) is 0.244. The van der Waals surface area contributed by atoms with Crippen molar-refractivity contribution in [3.05, 3.63) is 0 Å². The van der Waals surface area contributed by atoms with Gasteiger partial charge in [0, 0.05) is 0 Å². The summed E-state index contributed by atoms with van der Waals surface area (Å²) >= 11 is 0. The van der Waals surface area contributed by atoms with Crippen LogP contribution >= 0.6 is 0 Å². The van der Waals surface area contributed by atoms with Crippen LogP contribution in [0.15, 0.2) is 0 Å². The van der Waals surface area contributed by atoms with Crippen LogP contribution in [0.25, 0.3) is 0 Å². The van der Waals surface area contributed by atoms with Gasteiger partial charge in [-0.05, 0) is 5.41 Å². The number of aliphatic hydroxyl groups excluding tert-OH is 2. The summed E-state index contributed by atoms with van der Waals surface area (Å²) in [5.41, 5.74) is -0.888. The molecule has 2 N–H and O–H groups in total. The molecular formula is C10H18Na2O9S. The zero-order valence-corrected chi connectivity index (χ0v) is 18.1. The van der Waals surface area contributed by atoms with Gasteiger partial charge in [0.1, 0.15) is 12.2 Å². The summed E-state index contributed by atoms with van der Waals surface area (Å²) in [6.07, 6.45) is -4.64. The number of carboxylic acid groups (broad SMARTS) is 1. The maximum atomic E-state index is 10.7. The number of aliphatic carboxylic acids is 1. The molecule has 9 nitrogen and oxygen atoms in total. The van der Waals surface area contributed by atoms with E-state index < -0.39 is 53.3 Å². The molecule has 0 aliphatic rings. The third-order valence-corrected chi connectivity index (χ3v) is 2.84. The molecule has 0 aromatic carbocycles. The van der Waals surface area contributed by atoms with Crippen molar-refractivity contribution < 1.29 is 101 Å². The minimum absolute atomic E-state index is 0. The topological polar surface area (TPSA) is 156 Å². The standard InChI is InChI=1S/C10H20O9S.2Na/c1-10(2,3)8(18-7(5-12)9(13)14)6(4-11)19-20(15,16)17;;/h6-8,11-12H,4-5H2,1-3H3,(H,13,14)(H,15,16,17);;/q;2*+1/p-2. The zero-order valence-electron chi connectivity index (χ0n) is 13.3. The summed E-state index contributed by atoms with van der Waals surface area (Å²) in [6, 6.07) is 0. The predicted molar refractivity (Wildman–Crippen MR) is 61.9 cm³/mol. The van der Waals surface area contributed by atoms with Crippen molar-refractivity contribution in [3.63, 3.8) is 0 Å². The van der Waals surface area contributed by atoms with Crippen molar-refractivity contribution in [1.29, 1.82) is 0 Å². The Morgan fingerprint density at radius 2 is 1.64 bits per heavy atom. The Bertz CT molecular complexity index is 421. The average Bonchev–Trinajstić information content (AvgIpc) is 2.24. The van der Waals surface area contributed by atoms with Crippen molar-refractivity contribution in [2.45, 2.75) is 39.1 Å². The molecule has 0 fully saturated rings. The Morgan fingerprint density at radius 3 is 1.86 bits per heavy atom. The summed E-state index contributed by atoms with van der Waals surface area (Å²) in [7, 11) is -5.12. The van der Waals surface area contributed by atoms with Crippen molar-refractivity contribution >= 4 is 16.4 Å². The van der Waals surface area contributed by atoms with Crippen LogP contribution in [-0.2, 0) is 24.1 Å². The van der Waals surface area contributed by atoms with E-state index in [-0.39, 0.29) is 59.1 Å². The maximum absolute atomic E-state index is 10.7. The first kappa shape index (κ1) is 28.0. The third-order valence-electron chi connectivity index (χ3n) is 2.35. The molecule has 0 heterocycles. The van der Waals surface area contributed by atoms with Gasteiger partial charge >= 0.3 is 59.1 Å². The molecule has 22 heavy (non-hydrogen) atoms. The third kappa shape index (κ3) is 10.9. The van der Waals surface area contributed by atoms with E-state index in [1.807, 2.05) is 0 Å². The van der Waals surface area contributed by atoms with E-state index in [0.717, 1.165) is 0 Å². The van der Waals surface area contributed by atoms with Gasteiger partial charge in [0.25, 0.3) is 0 Å². The van der Waals surface area contributed by atoms with Crippen molar-refractivity contribution in [2.24, 2.45) is 5.41 Å². The molecule has 0 aliphatic heterocycles. The second-order valence-corrected chi connectivity index (χ2v) is 6.15. The number of aliphatic hydroxyl groups is 2. The van der Waals surface area contributed by atoms with Gasteiger partial charge in [-0.3, -0.25) is 4.18 Å². The van der Waals surface area contributed by atoms with E-state index in [0.29, 0.717) is 0 Å². The van der Waals surface area contributed by atoms with Gasteiger partial charge < -0.3 is 29.4 Å². The van der Waals surface area contributed by atoms with Crippen LogP contribution in [0.2, 0.25) is 0 Å². The fourth-order valence-electron chi connectivity index (χ4n) is 1.53. The summed E-state index contributed by atoms with van der Waals surface area (Å²) in [6.45, 7) is 2.83. The molecule has 0 aliphatic carbocycles. The number of hydrogen-bond donors (Lipinski definition) is 2. The van der Waals surface area contributed by atoms with Gasteiger partial charge in [0.05, 0.1) is 25.3 Å². The maximum Gasteiger partial charge on any atom is 1.00 e. The molecule has 0 aromatic heterocycles. The smallest absolute Gasteiger partial charge is 0.726 e. The van der Waals surface area contributed by atoms with Crippen LogP contribution in [0.1, 0.15) is 20.8 Å². The number of carbonyl (C=O) groups excluding carboxylic acids is 1. The van der Waals surface area contributed by atoms with E-state index in [4.69, 9.17) is 14.9 Å². The molecule has 0 bridgehead atoms. The molecule has 0 spiro atoms. The van der Waals surface area contributed by atoms with Crippen LogP contribution in [0, 0.1) is 5.41 Å². The van der Waals surface area contributed by atoms with Gasteiger partial charge in [-0.25, -0.2) is 8.42 Å². The number of carboxylic acids is 1. The van der Waals surface area contributed by atoms with Crippen LogP contribution in [-0.4, -0.2) is 60.7 Å². The largest absolute Gasteiger partial charge is 1.00 e. The summed E-state index contributed by atoms with van der Waals surface area (Å²) in [4.78, 5) is 10.7. The van der Waals surface area contributed by atoms with Gasteiger partial charge in [0.15, 0.2) is 0 Å². The Kier molecular flexibility index (Phi) is 14.9. The minimum Gasteiger partial charge on any atom is -0.726 e.